The van der Waals surface area contributed by atoms with E-state index in [1.54, 1.807) is 0 Å². The molecule has 0 aliphatic rings. The molecule has 1 aromatic heterocycles. The van der Waals surface area contributed by atoms with Gasteiger partial charge in [0.15, 0.2) is 0 Å². The lowest BCUT2D eigenvalue weighted by molar-refractivity contribution is 1.30. The summed E-state index contributed by atoms with van der Waals surface area (Å²) in [4.78, 5) is 2.52. The molecule has 0 unspecified atom stereocenters. The molecule has 9 aromatic carbocycles. The highest BCUT2D eigenvalue weighted by Gasteiger charge is 2.24. The maximum atomic E-state index is 2.52. The van der Waals surface area contributed by atoms with E-state index in [1.165, 1.54) is 80.4 Å². The van der Waals surface area contributed by atoms with Gasteiger partial charge in [-0.1, -0.05) is 158 Å². The van der Waals surface area contributed by atoms with E-state index >= 15 is 0 Å². The van der Waals surface area contributed by atoms with Gasteiger partial charge in [-0.05, 0) is 73.8 Å². The van der Waals surface area contributed by atoms with Crippen LogP contribution in [0.4, 0.5) is 17.1 Å². The number of fused-ring (bicyclic) bond motifs is 7. The average Bonchev–Trinajstić information content (AvgIpc) is 3.58. The first-order valence-electron chi connectivity index (χ1n) is 17.1. The fraction of sp³-hybridized carbons (Fsp3) is 0. The Kier molecular flexibility index (Phi) is 6.75. The predicted octanol–water partition coefficient (Wildman–Crippen LogP) is 14.3. The molecule has 0 N–H and O–H groups in total. The van der Waals surface area contributed by atoms with Crippen molar-refractivity contribution >= 4 is 80.9 Å². The first-order chi connectivity index (χ1) is 24.8. The number of benzene rings is 9. The molecular weight excluding hydrogens is 623 g/mol. The Bertz CT molecular complexity index is 2890. The van der Waals surface area contributed by atoms with Gasteiger partial charge in [-0.15, -0.1) is 11.3 Å². The zero-order chi connectivity index (χ0) is 33.0. The Hall–Kier alpha value is -6.22. The van der Waals surface area contributed by atoms with Crippen LogP contribution in [0, 0.1) is 0 Å². The van der Waals surface area contributed by atoms with Crippen LogP contribution in [0.15, 0.2) is 188 Å². The van der Waals surface area contributed by atoms with E-state index in [2.05, 4.69) is 193 Å². The molecule has 0 fully saturated rings. The number of nitrogens with zero attached hydrogens (tertiary/aromatic N) is 1. The maximum absolute atomic E-state index is 2.52. The zero-order valence-corrected chi connectivity index (χ0v) is 28.1. The molecule has 1 heterocycles. The Morgan fingerprint density at radius 1 is 0.300 bits per heavy atom. The van der Waals surface area contributed by atoms with Crippen molar-refractivity contribution in [3.8, 4) is 22.3 Å². The molecule has 0 spiro atoms. The van der Waals surface area contributed by atoms with Crippen molar-refractivity contribution in [2.45, 2.75) is 0 Å². The number of thiophene rings is 1. The fourth-order valence-electron chi connectivity index (χ4n) is 7.83. The quantitative estimate of drug-likeness (QED) is 0.167. The van der Waals surface area contributed by atoms with E-state index in [1.807, 2.05) is 11.3 Å². The minimum Gasteiger partial charge on any atom is -0.308 e. The smallest absolute Gasteiger partial charge is 0.0640 e. The third-order valence-corrected chi connectivity index (χ3v) is 11.3. The molecule has 0 amide bonds. The molecule has 10 rings (SSSR count). The van der Waals surface area contributed by atoms with Crippen molar-refractivity contribution in [2.24, 2.45) is 0 Å². The summed E-state index contributed by atoms with van der Waals surface area (Å²) in [7, 11) is 0. The van der Waals surface area contributed by atoms with Crippen LogP contribution in [-0.2, 0) is 0 Å². The van der Waals surface area contributed by atoms with Gasteiger partial charge in [-0.25, -0.2) is 0 Å². The normalized spacial score (nSPS) is 11.6. The van der Waals surface area contributed by atoms with Crippen molar-refractivity contribution in [3.63, 3.8) is 0 Å². The molecule has 0 aliphatic heterocycles. The zero-order valence-electron chi connectivity index (χ0n) is 27.3. The molecule has 234 valence electrons. The van der Waals surface area contributed by atoms with E-state index in [0.29, 0.717) is 0 Å². The third-order valence-electron chi connectivity index (χ3n) is 10.1. The summed E-state index contributed by atoms with van der Waals surface area (Å²) in [6.07, 6.45) is 0. The second kappa shape index (κ2) is 11.7. The average molecular weight is 654 g/mol. The minimum atomic E-state index is 1.14. The summed E-state index contributed by atoms with van der Waals surface area (Å²) in [5.41, 5.74) is 8.30. The molecule has 0 atom stereocenters. The van der Waals surface area contributed by atoms with Gasteiger partial charge < -0.3 is 4.90 Å². The van der Waals surface area contributed by atoms with Gasteiger partial charge in [-0.3, -0.25) is 0 Å². The summed E-state index contributed by atoms with van der Waals surface area (Å²) >= 11 is 1.87. The SMILES string of the molecule is c1ccc(N(c2ccccc2-c2cc3ccccc3c3ccccc23)c2cccc3c2sc2ccccc23)c(-c2cccc3ccccc23)c1. The fourth-order valence-corrected chi connectivity index (χ4v) is 9.03. The summed E-state index contributed by atoms with van der Waals surface area (Å²) in [6.45, 7) is 0. The summed E-state index contributed by atoms with van der Waals surface area (Å²) in [5, 5.41) is 10.1. The van der Waals surface area contributed by atoms with E-state index < -0.39 is 0 Å². The monoisotopic (exact) mass is 653 g/mol. The van der Waals surface area contributed by atoms with Crippen LogP contribution in [-0.4, -0.2) is 0 Å². The topological polar surface area (TPSA) is 3.24 Å². The molecule has 0 radical (unpaired) electrons. The van der Waals surface area contributed by atoms with Crippen molar-refractivity contribution in [2.75, 3.05) is 4.90 Å². The molecule has 0 saturated heterocycles. The van der Waals surface area contributed by atoms with Crippen molar-refractivity contribution in [3.05, 3.63) is 188 Å². The summed E-state index contributed by atoms with van der Waals surface area (Å²) in [5.74, 6) is 0. The molecule has 1 nitrogen and oxygen atoms in total. The van der Waals surface area contributed by atoms with Crippen LogP contribution < -0.4 is 4.90 Å². The lowest BCUT2D eigenvalue weighted by Crippen LogP contribution is -2.12. The molecule has 0 bridgehead atoms. The van der Waals surface area contributed by atoms with Gasteiger partial charge in [0.1, 0.15) is 0 Å². The van der Waals surface area contributed by atoms with Crippen LogP contribution in [0.1, 0.15) is 0 Å². The van der Waals surface area contributed by atoms with Gasteiger partial charge in [0.25, 0.3) is 0 Å². The van der Waals surface area contributed by atoms with Gasteiger partial charge in [0.05, 0.1) is 21.8 Å². The van der Waals surface area contributed by atoms with Crippen LogP contribution in [0.25, 0.3) is 74.7 Å². The van der Waals surface area contributed by atoms with Gasteiger partial charge in [0.2, 0.25) is 0 Å². The van der Waals surface area contributed by atoms with Gasteiger partial charge in [0, 0.05) is 26.6 Å². The highest BCUT2D eigenvalue weighted by Crippen LogP contribution is 2.50. The molecular formula is C48H31NS. The largest absolute Gasteiger partial charge is 0.308 e. The molecule has 50 heavy (non-hydrogen) atoms. The molecule has 10 aromatic rings. The van der Waals surface area contributed by atoms with Crippen LogP contribution in [0.2, 0.25) is 0 Å². The Balaban J connectivity index is 1.32. The Labute approximate surface area is 294 Å². The van der Waals surface area contributed by atoms with E-state index in [4.69, 9.17) is 0 Å². The molecule has 0 aliphatic carbocycles. The minimum absolute atomic E-state index is 1.14. The predicted molar refractivity (Wildman–Crippen MR) is 217 cm³/mol. The second-order valence-corrected chi connectivity index (χ2v) is 13.9. The molecule has 0 saturated carbocycles. The van der Waals surface area contributed by atoms with E-state index in [-0.39, 0.29) is 0 Å². The lowest BCUT2D eigenvalue weighted by atomic mass is 9.91. The van der Waals surface area contributed by atoms with Crippen LogP contribution >= 0.6 is 11.3 Å². The molecule has 2 heteroatoms. The van der Waals surface area contributed by atoms with Crippen molar-refractivity contribution < 1.29 is 0 Å². The Morgan fingerprint density at radius 3 is 1.60 bits per heavy atom. The summed E-state index contributed by atoms with van der Waals surface area (Å²) < 4.78 is 2.57. The standard InChI is InChI=1S/C48H31NS/c1-3-18-34-32(15-1)17-13-25-37(34)39-22-7-10-27-44(39)49(46-29-14-26-42-41-24-9-12-30-47(41)50-48(42)46)45-28-11-8-23-40(45)43-31-33-16-2-4-19-35(33)36-20-5-6-21-38(36)43/h1-31H. The van der Waals surface area contributed by atoms with Crippen LogP contribution in [0.3, 0.4) is 0 Å². The first-order valence-corrected chi connectivity index (χ1v) is 17.9. The lowest BCUT2D eigenvalue weighted by Gasteiger charge is -2.31. The number of para-hydroxylation sites is 2. The van der Waals surface area contributed by atoms with E-state index in [9.17, 15) is 0 Å². The number of anilines is 3. The van der Waals surface area contributed by atoms with Crippen LogP contribution in [0.5, 0.6) is 0 Å². The number of hydrogen-bond donors (Lipinski definition) is 0. The number of rotatable bonds is 5. The highest BCUT2D eigenvalue weighted by atomic mass is 32.1. The highest BCUT2D eigenvalue weighted by molar-refractivity contribution is 7.26. The first kappa shape index (κ1) is 28.8. The summed E-state index contributed by atoms with van der Waals surface area (Å²) in [6, 6.07) is 68.8. The second-order valence-electron chi connectivity index (χ2n) is 12.8. The number of hydrogen-bond acceptors (Lipinski definition) is 2. The maximum Gasteiger partial charge on any atom is 0.0640 e. The van der Waals surface area contributed by atoms with Crippen molar-refractivity contribution in [1.82, 2.24) is 0 Å². The third kappa shape index (κ3) is 4.53. The van der Waals surface area contributed by atoms with E-state index in [0.717, 1.165) is 11.4 Å². The Morgan fingerprint density at radius 2 is 0.800 bits per heavy atom. The van der Waals surface area contributed by atoms with Gasteiger partial charge >= 0.3 is 0 Å². The van der Waals surface area contributed by atoms with Gasteiger partial charge in [-0.2, -0.15) is 0 Å². The van der Waals surface area contributed by atoms with Crippen molar-refractivity contribution in [1.29, 1.82) is 0 Å².